The smallest absolute Gasteiger partial charge is 0.120 e. The van der Waals surface area contributed by atoms with E-state index in [2.05, 4.69) is 25.7 Å². The summed E-state index contributed by atoms with van der Waals surface area (Å²) in [6.45, 7) is 8.55. The van der Waals surface area contributed by atoms with E-state index in [1.54, 1.807) is 12.1 Å². The standard InChI is InChI=1S/C14H22ClNO/c1-4-8-16(9-5-2)11(3)13-10-12(15)6-7-14(13)17/h6-7,10-11,17H,4-5,8-9H2,1-3H3. The number of rotatable bonds is 6. The molecule has 0 aromatic heterocycles. The lowest BCUT2D eigenvalue weighted by Gasteiger charge is -2.29. The number of aromatic hydroxyl groups is 1. The Morgan fingerprint density at radius 3 is 2.35 bits per heavy atom. The summed E-state index contributed by atoms with van der Waals surface area (Å²) in [5, 5.41) is 10.6. The van der Waals surface area contributed by atoms with Crippen molar-refractivity contribution in [3.63, 3.8) is 0 Å². The number of halogens is 1. The Morgan fingerprint density at radius 1 is 1.24 bits per heavy atom. The van der Waals surface area contributed by atoms with Gasteiger partial charge in [-0.15, -0.1) is 0 Å². The van der Waals surface area contributed by atoms with Crippen molar-refractivity contribution in [2.75, 3.05) is 13.1 Å². The van der Waals surface area contributed by atoms with Crippen LogP contribution in [0.5, 0.6) is 5.75 Å². The van der Waals surface area contributed by atoms with Crippen LogP contribution < -0.4 is 0 Å². The minimum Gasteiger partial charge on any atom is -0.508 e. The summed E-state index contributed by atoms with van der Waals surface area (Å²) in [7, 11) is 0. The van der Waals surface area contributed by atoms with Crippen LogP contribution in [-0.4, -0.2) is 23.1 Å². The summed E-state index contributed by atoms with van der Waals surface area (Å²) in [5.74, 6) is 0.333. The highest BCUT2D eigenvalue weighted by Crippen LogP contribution is 2.30. The molecular weight excluding hydrogens is 234 g/mol. The highest BCUT2D eigenvalue weighted by Gasteiger charge is 2.17. The van der Waals surface area contributed by atoms with Gasteiger partial charge in [-0.3, -0.25) is 4.90 Å². The topological polar surface area (TPSA) is 23.5 Å². The van der Waals surface area contributed by atoms with Gasteiger partial charge in [0.15, 0.2) is 0 Å². The van der Waals surface area contributed by atoms with Crippen molar-refractivity contribution < 1.29 is 5.11 Å². The highest BCUT2D eigenvalue weighted by atomic mass is 35.5. The molecule has 0 radical (unpaired) electrons. The van der Waals surface area contributed by atoms with Crippen LogP contribution in [0.4, 0.5) is 0 Å². The van der Waals surface area contributed by atoms with Crippen LogP contribution in [0.1, 0.15) is 45.2 Å². The third-order valence-corrected chi connectivity index (χ3v) is 3.24. The Morgan fingerprint density at radius 2 is 1.82 bits per heavy atom. The normalized spacial score (nSPS) is 13.0. The van der Waals surface area contributed by atoms with E-state index in [1.165, 1.54) is 0 Å². The largest absolute Gasteiger partial charge is 0.508 e. The molecule has 17 heavy (non-hydrogen) atoms. The summed E-state index contributed by atoms with van der Waals surface area (Å²) in [5.41, 5.74) is 0.916. The first-order valence-electron chi connectivity index (χ1n) is 6.32. The highest BCUT2D eigenvalue weighted by molar-refractivity contribution is 6.30. The lowest BCUT2D eigenvalue weighted by molar-refractivity contribution is 0.208. The van der Waals surface area contributed by atoms with Crippen molar-refractivity contribution in [1.82, 2.24) is 4.90 Å². The number of benzene rings is 1. The molecule has 0 amide bonds. The first-order valence-corrected chi connectivity index (χ1v) is 6.70. The van der Waals surface area contributed by atoms with E-state index in [0.717, 1.165) is 31.5 Å². The fourth-order valence-corrected chi connectivity index (χ4v) is 2.31. The van der Waals surface area contributed by atoms with Crippen molar-refractivity contribution in [3.8, 4) is 5.75 Å². The number of phenolic OH excluding ortho intramolecular Hbond substituents is 1. The lowest BCUT2D eigenvalue weighted by Crippen LogP contribution is -2.28. The van der Waals surface area contributed by atoms with Gasteiger partial charge in [0.1, 0.15) is 5.75 Å². The van der Waals surface area contributed by atoms with Gasteiger partial charge in [-0.1, -0.05) is 25.4 Å². The Bertz CT molecular complexity index is 348. The molecule has 0 heterocycles. The van der Waals surface area contributed by atoms with E-state index in [0.29, 0.717) is 10.8 Å². The summed E-state index contributed by atoms with van der Waals surface area (Å²) in [6.07, 6.45) is 2.23. The Hall–Kier alpha value is -0.730. The fourth-order valence-electron chi connectivity index (χ4n) is 2.13. The average Bonchev–Trinajstić information content (AvgIpc) is 2.31. The summed E-state index contributed by atoms with van der Waals surface area (Å²) >= 11 is 5.99. The van der Waals surface area contributed by atoms with Crippen molar-refractivity contribution in [3.05, 3.63) is 28.8 Å². The van der Waals surface area contributed by atoms with E-state index < -0.39 is 0 Å². The molecule has 1 rings (SSSR count). The maximum Gasteiger partial charge on any atom is 0.120 e. The molecule has 0 fully saturated rings. The number of hydrogen-bond acceptors (Lipinski definition) is 2. The predicted octanol–water partition coefficient (Wildman–Crippen LogP) is 4.23. The Balaban J connectivity index is 2.91. The van der Waals surface area contributed by atoms with E-state index in [1.807, 2.05) is 6.07 Å². The van der Waals surface area contributed by atoms with Gasteiger partial charge in [-0.2, -0.15) is 0 Å². The molecule has 3 heteroatoms. The van der Waals surface area contributed by atoms with Gasteiger partial charge < -0.3 is 5.11 Å². The zero-order valence-electron chi connectivity index (χ0n) is 10.9. The van der Waals surface area contributed by atoms with Crippen LogP contribution in [-0.2, 0) is 0 Å². The minimum atomic E-state index is 0.202. The van der Waals surface area contributed by atoms with Gasteiger partial charge in [-0.25, -0.2) is 0 Å². The second kappa shape index (κ2) is 6.87. The fraction of sp³-hybridized carbons (Fsp3) is 0.571. The molecule has 2 nitrogen and oxygen atoms in total. The van der Waals surface area contributed by atoms with Crippen molar-refractivity contribution in [1.29, 1.82) is 0 Å². The third kappa shape index (κ3) is 3.90. The molecule has 0 aliphatic heterocycles. The summed E-state index contributed by atoms with van der Waals surface area (Å²) < 4.78 is 0. The predicted molar refractivity (Wildman–Crippen MR) is 73.7 cm³/mol. The molecule has 0 spiro atoms. The van der Waals surface area contributed by atoms with Crippen molar-refractivity contribution in [2.45, 2.75) is 39.7 Å². The zero-order chi connectivity index (χ0) is 12.8. The van der Waals surface area contributed by atoms with Crippen molar-refractivity contribution >= 4 is 11.6 Å². The second-order valence-electron chi connectivity index (χ2n) is 4.42. The molecule has 0 bridgehead atoms. The van der Waals surface area contributed by atoms with Crippen LogP contribution in [0.2, 0.25) is 5.02 Å². The van der Waals surface area contributed by atoms with E-state index in [4.69, 9.17) is 11.6 Å². The third-order valence-electron chi connectivity index (χ3n) is 3.01. The van der Waals surface area contributed by atoms with E-state index in [9.17, 15) is 5.11 Å². The van der Waals surface area contributed by atoms with Crippen molar-refractivity contribution in [2.24, 2.45) is 0 Å². The lowest BCUT2D eigenvalue weighted by atomic mass is 10.1. The molecule has 1 atom stereocenters. The first kappa shape index (κ1) is 14.3. The van der Waals surface area contributed by atoms with E-state index in [-0.39, 0.29) is 6.04 Å². The molecule has 96 valence electrons. The Labute approximate surface area is 109 Å². The van der Waals surface area contributed by atoms with Crippen LogP contribution in [0, 0.1) is 0 Å². The SMILES string of the molecule is CCCN(CCC)C(C)c1cc(Cl)ccc1O. The molecular formula is C14H22ClNO. The quantitative estimate of drug-likeness (QED) is 0.822. The molecule has 1 aromatic rings. The summed E-state index contributed by atoms with van der Waals surface area (Å²) in [4.78, 5) is 2.38. The number of hydrogen-bond donors (Lipinski definition) is 1. The van der Waals surface area contributed by atoms with Crippen LogP contribution in [0.3, 0.4) is 0 Å². The maximum atomic E-state index is 9.91. The number of phenols is 1. The van der Waals surface area contributed by atoms with Crippen LogP contribution in [0.15, 0.2) is 18.2 Å². The van der Waals surface area contributed by atoms with Gasteiger partial charge >= 0.3 is 0 Å². The molecule has 1 unspecified atom stereocenters. The zero-order valence-corrected chi connectivity index (χ0v) is 11.7. The molecule has 0 saturated heterocycles. The average molecular weight is 256 g/mol. The van der Waals surface area contributed by atoms with Gasteiger partial charge in [0.05, 0.1) is 0 Å². The molecule has 1 aromatic carbocycles. The first-order chi connectivity index (χ1) is 8.10. The van der Waals surface area contributed by atoms with E-state index >= 15 is 0 Å². The second-order valence-corrected chi connectivity index (χ2v) is 4.85. The number of nitrogens with zero attached hydrogens (tertiary/aromatic N) is 1. The molecule has 0 aliphatic carbocycles. The van der Waals surface area contributed by atoms with Gasteiger partial charge in [-0.05, 0) is 51.1 Å². The monoisotopic (exact) mass is 255 g/mol. The minimum absolute atomic E-state index is 0.202. The summed E-state index contributed by atoms with van der Waals surface area (Å²) in [6, 6.07) is 5.45. The maximum absolute atomic E-state index is 9.91. The van der Waals surface area contributed by atoms with Gasteiger partial charge in [0, 0.05) is 16.6 Å². The molecule has 1 N–H and O–H groups in total. The van der Waals surface area contributed by atoms with Crippen LogP contribution >= 0.6 is 11.6 Å². The van der Waals surface area contributed by atoms with Gasteiger partial charge in [0.2, 0.25) is 0 Å². The molecule has 0 aliphatic rings. The van der Waals surface area contributed by atoms with Gasteiger partial charge in [0.25, 0.3) is 0 Å². The van der Waals surface area contributed by atoms with Crippen LogP contribution in [0.25, 0.3) is 0 Å². The Kier molecular flexibility index (Phi) is 5.79. The molecule has 0 saturated carbocycles.